The second-order valence-corrected chi connectivity index (χ2v) is 7.94. The molecule has 2 aromatic heterocycles. The Morgan fingerprint density at radius 2 is 2.14 bits per heavy atom. The van der Waals surface area contributed by atoms with Crippen LogP contribution in [-0.2, 0) is 6.42 Å². The molecule has 0 aliphatic carbocycles. The van der Waals surface area contributed by atoms with Gasteiger partial charge in [0.15, 0.2) is 0 Å². The Morgan fingerprint density at radius 3 is 2.82 bits per heavy atom. The lowest BCUT2D eigenvalue weighted by molar-refractivity contribution is 0.0538. The van der Waals surface area contributed by atoms with E-state index in [2.05, 4.69) is 44.2 Å². The SMILES string of the molecule is CC(C)Cc1ncc(C(=O)NCC2CN(C(=O)c3[nH]ncc3Cl)CCN2C)[nH]1. The van der Waals surface area contributed by atoms with Crippen LogP contribution in [0.5, 0.6) is 0 Å². The summed E-state index contributed by atoms with van der Waals surface area (Å²) in [6, 6.07) is 0.00130. The van der Waals surface area contributed by atoms with Crippen molar-refractivity contribution in [2.24, 2.45) is 5.92 Å². The molecule has 1 aliphatic heterocycles. The molecule has 3 N–H and O–H groups in total. The minimum atomic E-state index is -0.198. The number of imidazole rings is 1. The molecule has 9 nitrogen and oxygen atoms in total. The van der Waals surface area contributed by atoms with Crippen LogP contribution in [0, 0.1) is 5.92 Å². The molecule has 3 heterocycles. The number of hydrogen-bond donors (Lipinski definition) is 3. The number of aromatic amines is 2. The third-order valence-corrected chi connectivity index (χ3v) is 5.13. The predicted octanol–water partition coefficient (Wildman–Crippen LogP) is 1.17. The van der Waals surface area contributed by atoms with Crippen LogP contribution in [0.25, 0.3) is 0 Å². The number of likely N-dealkylation sites (N-methyl/N-ethyl adjacent to an activating group) is 1. The molecule has 2 aromatic rings. The predicted molar refractivity (Wildman–Crippen MR) is 105 cm³/mol. The van der Waals surface area contributed by atoms with Crippen molar-refractivity contribution < 1.29 is 9.59 Å². The van der Waals surface area contributed by atoms with Crippen LogP contribution in [0.1, 0.15) is 40.6 Å². The molecule has 1 atom stereocenters. The number of nitrogens with one attached hydrogen (secondary N) is 3. The molecule has 1 unspecified atom stereocenters. The molecular weight excluding hydrogens is 382 g/mol. The molecule has 2 amide bonds. The zero-order valence-corrected chi connectivity index (χ0v) is 17.1. The van der Waals surface area contributed by atoms with Gasteiger partial charge >= 0.3 is 0 Å². The first-order valence-electron chi connectivity index (χ1n) is 9.35. The maximum atomic E-state index is 12.6. The van der Waals surface area contributed by atoms with Gasteiger partial charge in [-0.1, -0.05) is 25.4 Å². The normalized spacial score (nSPS) is 17.9. The fourth-order valence-electron chi connectivity index (χ4n) is 3.20. The van der Waals surface area contributed by atoms with Crippen molar-refractivity contribution in [1.29, 1.82) is 0 Å². The van der Waals surface area contributed by atoms with Gasteiger partial charge in [-0.15, -0.1) is 0 Å². The molecule has 28 heavy (non-hydrogen) atoms. The van der Waals surface area contributed by atoms with E-state index in [1.807, 2.05) is 7.05 Å². The monoisotopic (exact) mass is 407 g/mol. The number of carbonyl (C=O) groups is 2. The van der Waals surface area contributed by atoms with Crippen molar-refractivity contribution in [3.05, 3.63) is 34.6 Å². The number of halogens is 1. The Labute approximate surface area is 168 Å². The van der Waals surface area contributed by atoms with Gasteiger partial charge in [0.25, 0.3) is 11.8 Å². The highest BCUT2D eigenvalue weighted by Gasteiger charge is 2.30. The van der Waals surface area contributed by atoms with Crippen LogP contribution in [-0.4, -0.2) is 81.0 Å². The molecule has 0 radical (unpaired) electrons. The van der Waals surface area contributed by atoms with Crippen LogP contribution >= 0.6 is 11.6 Å². The Balaban J connectivity index is 1.57. The molecule has 0 saturated carbocycles. The second-order valence-electron chi connectivity index (χ2n) is 7.53. The molecule has 3 rings (SSSR count). The standard InChI is InChI=1S/C18H26ClN7O2/c1-11(2)6-15-20-9-14(23-15)17(27)21-7-12-10-26(5-4-25(12)3)18(28)16-13(19)8-22-24-16/h8-9,11-12H,4-7,10H2,1-3H3,(H,20,23)(H,21,27)(H,22,24). The molecular formula is C18H26ClN7O2. The van der Waals surface area contributed by atoms with Crippen molar-refractivity contribution in [2.75, 3.05) is 33.2 Å². The van der Waals surface area contributed by atoms with Gasteiger partial charge in [-0.25, -0.2) is 4.98 Å². The summed E-state index contributed by atoms with van der Waals surface area (Å²) in [7, 11) is 1.98. The van der Waals surface area contributed by atoms with Gasteiger partial charge in [0, 0.05) is 38.6 Å². The van der Waals surface area contributed by atoms with E-state index in [1.165, 1.54) is 6.20 Å². The van der Waals surface area contributed by atoms with E-state index in [1.54, 1.807) is 11.1 Å². The molecule has 0 aromatic carbocycles. The Morgan fingerprint density at radius 1 is 1.36 bits per heavy atom. The summed E-state index contributed by atoms with van der Waals surface area (Å²) < 4.78 is 0. The van der Waals surface area contributed by atoms with Crippen molar-refractivity contribution in [1.82, 2.24) is 35.3 Å². The lowest BCUT2D eigenvalue weighted by Gasteiger charge is -2.39. The number of nitrogens with zero attached hydrogens (tertiary/aromatic N) is 4. The van der Waals surface area contributed by atoms with Crippen molar-refractivity contribution in [3.8, 4) is 0 Å². The highest BCUT2D eigenvalue weighted by molar-refractivity contribution is 6.33. The summed E-state index contributed by atoms with van der Waals surface area (Å²) in [4.78, 5) is 36.3. The van der Waals surface area contributed by atoms with Gasteiger partial charge in [-0.05, 0) is 13.0 Å². The first kappa shape index (κ1) is 20.3. The third kappa shape index (κ3) is 4.71. The Hall–Kier alpha value is -2.39. The Bertz CT molecular complexity index is 832. The maximum Gasteiger partial charge on any atom is 0.273 e. The van der Waals surface area contributed by atoms with Crippen LogP contribution in [0.2, 0.25) is 5.02 Å². The average Bonchev–Trinajstić information content (AvgIpc) is 3.28. The van der Waals surface area contributed by atoms with E-state index in [4.69, 9.17) is 11.6 Å². The van der Waals surface area contributed by atoms with Crippen LogP contribution in [0.4, 0.5) is 0 Å². The molecule has 1 fully saturated rings. The fraction of sp³-hybridized carbons (Fsp3) is 0.556. The minimum Gasteiger partial charge on any atom is -0.349 e. The topological polar surface area (TPSA) is 110 Å². The quantitative estimate of drug-likeness (QED) is 0.665. The highest BCUT2D eigenvalue weighted by Crippen LogP contribution is 2.17. The summed E-state index contributed by atoms with van der Waals surface area (Å²) in [6.07, 6.45) is 3.78. The first-order chi connectivity index (χ1) is 13.3. The third-order valence-electron chi connectivity index (χ3n) is 4.84. The number of piperazine rings is 1. The van der Waals surface area contributed by atoms with E-state index in [0.717, 1.165) is 12.2 Å². The first-order valence-corrected chi connectivity index (χ1v) is 9.73. The van der Waals surface area contributed by atoms with Gasteiger partial charge in [-0.3, -0.25) is 19.6 Å². The summed E-state index contributed by atoms with van der Waals surface area (Å²) in [6.45, 7) is 6.42. The minimum absolute atomic E-state index is 0.00130. The second kappa shape index (κ2) is 8.74. The van der Waals surface area contributed by atoms with Gasteiger partial charge < -0.3 is 15.2 Å². The zero-order valence-electron chi connectivity index (χ0n) is 16.3. The number of carbonyl (C=O) groups excluding carboxylic acids is 2. The lowest BCUT2D eigenvalue weighted by atomic mass is 10.1. The number of H-pyrrole nitrogens is 2. The van der Waals surface area contributed by atoms with Gasteiger partial charge in [0.2, 0.25) is 0 Å². The molecule has 0 spiro atoms. The van der Waals surface area contributed by atoms with Crippen molar-refractivity contribution >= 4 is 23.4 Å². The number of rotatable bonds is 6. The van der Waals surface area contributed by atoms with Crippen LogP contribution < -0.4 is 5.32 Å². The van der Waals surface area contributed by atoms with Crippen molar-refractivity contribution in [2.45, 2.75) is 26.3 Å². The summed E-state index contributed by atoms with van der Waals surface area (Å²) in [5, 5.41) is 9.70. The zero-order chi connectivity index (χ0) is 20.3. The summed E-state index contributed by atoms with van der Waals surface area (Å²) in [5.41, 5.74) is 0.746. The van der Waals surface area contributed by atoms with E-state index in [-0.39, 0.29) is 17.9 Å². The molecule has 0 bridgehead atoms. The van der Waals surface area contributed by atoms with Gasteiger partial charge in [0.05, 0.1) is 17.4 Å². The Kier molecular flexibility index (Phi) is 6.35. The van der Waals surface area contributed by atoms with Crippen LogP contribution in [0.15, 0.2) is 12.4 Å². The number of hydrogen-bond acceptors (Lipinski definition) is 5. The maximum absolute atomic E-state index is 12.6. The van der Waals surface area contributed by atoms with E-state index >= 15 is 0 Å². The van der Waals surface area contributed by atoms with E-state index in [0.29, 0.717) is 48.5 Å². The number of aromatic nitrogens is 4. The van der Waals surface area contributed by atoms with E-state index in [9.17, 15) is 9.59 Å². The highest BCUT2D eigenvalue weighted by atomic mass is 35.5. The fourth-order valence-corrected chi connectivity index (χ4v) is 3.38. The van der Waals surface area contributed by atoms with Crippen molar-refractivity contribution in [3.63, 3.8) is 0 Å². The molecule has 1 saturated heterocycles. The smallest absolute Gasteiger partial charge is 0.273 e. The van der Waals surface area contributed by atoms with E-state index < -0.39 is 0 Å². The lowest BCUT2D eigenvalue weighted by Crippen LogP contribution is -2.56. The molecule has 1 aliphatic rings. The summed E-state index contributed by atoms with van der Waals surface area (Å²) >= 11 is 6.00. The van der Waals surface area contributed by atoms with Gasteiger partial charge in [0.1, 0.15) is 17.2 Å². The van der Waals surface area contributed by atoms with Gasteiger partial charge in [-0.2, -0.15) is 5.10 Å². The molecule has 152 valence electrons. The van der Waals surface area contributed by atoms with Crippen LogP contribution in [0.3, 0.4) is 0 Å². The molecule has 10 heteroatoms. The largest absolute Gasteiger partial charge is 0.349 e. The summed E-state index contributed by atoms with van der Waals surface area (Å²) in [5.74, 6) is 0.891. The number of amides is 2. The average molecular weight is 408 g/mol.